The van der Waals surface area contributed by atoms with Gasteiger partial charge >= 0.3 is 37.7 Å². The standard InChI is InChI=1S/C14H23N2PS.2C4H8O.2Li/c1-13(2,3)15-17(18,16-14(4,5)6)12-10-8-7-9-11-12;2*1-2-4-5-3-1;;/h7-11H,1-6H3;2*1-4H2;;/q-2;;;2*+1. The van der Waals surface area contributed by atoms with Crippen molar-refractivity contribution in [2.24, 2.45) is 0 Å². The van der Waals surface area contributed by atoms with Crippen molar-refractivity contribution in [3.63, 3.8) is 0 Å². The Morgan fingerprint density at radius 3 is 1.27 bits per heavy atom. The minimum absolute atomic E-state index is 0. The fraction of sp³-hybridized carbons (Fsp3) is 0.727. The van der Waals surface area contributed by atoms with Gasteiger partial charge in [0.25, 0.3) is 0 Å². The number of benzene rings is 1. The number of rotatable bonds is 3. The maximum Gasteiger partial charge on any atom is 1.00 e. The molecule has 0 saturated carbocycles. The van der Waals surface area contributed by atoms with Crippen LogP contribution in [0.1, 0.15) is 67.2 Å². The molecule has 2 saturated heterocycles. The Hall–Kier alpha value is 0.905. The molecule has 2 fully saturated rings. The maximum absolute atomic E-state index is 5.84. The van der Waals surface area contributed by atoms with Crippen LogP contribution in [0.25, 0.3) is 10.2 Å². The van der Waals surface area contributed by atoms with Gasteiger partial charge in [-0.3, -0.25) is 0 Å². The molecule has 3 rings (SSSR count). The molecule has 0 unspecified atom stereocenters. The Labute approximate surface area is 214 Å². The number of ether oxygens (including phenoxy) is 2. The summed E-state index contributed by atoms with van der Waals surface area (Å²) in [5, 5.41) is 10.8. The van der Waals surface area contributed by atoms with Crippen LogP contribution in [0.15, 0.2) is 30.3 Å². The Balaban J connectivity index is 0. The predicted molar refractivity (Wildman–Crippen MR) is 127 cm³/mol. The summed E-state index contributed by atoms with van der Waals surface area (Å²) in [4.78, 5) is 0. The quantitative estimate of drug-likeness (QED) is 0.510. The van der Waals surface area contributed by atoms with E-state index in [4.69, 9.17) is 31.5 Å². The van der Waals surface area contributed by atoms with Crippen LogP contribution in [0.4, 0.5) is 0 Å². The van der Waals surface area contributed by atoms with E-state index in [1.807, 2.05) is 30.3 Å². The van der Waals surface area contributed by atoms with Gasteiger partial charge in [0.15, 0.2) is 0 Å². The van der Waals surface area contributed by atoms with E-state index in [0.717, 1.165) is 31.7 Å². The van der Waals surface area contributed by atoms with Crippen molar-refractivity contribution >= 4 is 23.5 Å². The molecule has 0 aromatic heterocycles. The molecule has 30 heavy (non-hydrogen) atoms. The second-order valence-corrected chi connectivity index (χ2v) is 12.6. The minimum atomic E-state index is -2.23. The van der Waals surface area contributed by atoms with E-state index in [-0.39, 0.29) is 48.8 Å². The zero-order valence-corrected chi connectivity index (χ0v) is 22.3. The molecule has 0 radical (unpaired) electrons. The zero-order chi connectivity index (χ0) is 21.1. The van der Waals surface area contributed by atoms with Gasteiger partial charge in [-0.1, -0.05) is 77.2 Å². The third-order valence-corrected chi connectivity index (χ3v) is 7.45. The first-order chi connectivity index (χ1) is 13.0. The van der Waals surface area contributed by atoms with Crippen LogP contribution in [0.2, 0.25) is 0 Å². The van der Waals surface area contributed by atoms with E-state index in [1.54, 1.807) is 0 Å². The summed E-state index contributed by atoms with van der Waals surface area (Å²) in [6.45, 7) is 16.5. The fourth-order valence-corrected chi connectivity index (χ4v) is 6.89. The summed E-state index contributed by atoms with van der Waals surface area (Å²) in [7, 11) is 0. The van der Waals surface area contributed by atoms with E-state index in [9.17, 15) is 0 Å². The van der Waals surface area contributed by atoms with E-state index in [2.05, 4.69) is 41.5 Å². The average molecular weight is 440 g/mol. The van der Waals surface area contributed by atoms with Crippen LogP contribution >= 0.6 is 6.34 Å². The molecule has 0 N–H and O–H groups in total. The summed E-state index contributed by atoms with van der Waals surface area (Å²) in [5.74, 6) is 0. The third-order valence-electron chi connectivity index (χ3n) is 3.62. The van der Waals surface area contributed by atoms with Crippen molar-refractivity contribution in [2.75, 3.05) is 26.4 Å². The van der Waals surface area contributed by atoms with Crippen molar-refractivity contribution < 1.29 is 47.2 Å². The predicted octanol–water partition coefficient (Wildman–Crippen LogP) is 0.567. The molecule has 8 heteroatoms. The molecule has 2 heterocycles. The van der Waals surface area contributed by atoms with Crippen molar-refractivity contribution in [1.29, 1.82) is 0 Å². The molecular weight excluding hydrogens is 401 g/mol. The second-order valence-electron chi connectivity index (χ2n) is 9.06. The first-order valence-corrected chi connectivity index (χ1v) is 13.0. The van der Waals surface area contributed by atoms with E-state index >= 15 is 0 Å². The van der Waals surface area contributed by atoms with Gasteiger partial charge < -0.3 is 19.6 Å². The van der Waals surface area contributed by atoms with Crippen molar-refractivity contribution in [2.45, 2.75) is 78.3 Å². The largest absolute Gasteiger partial charge is 1.00 e. The summed E-state index contributed by atoms with van der Waals surface area (Å²) in [6.07, 6.45) is 2.88. The van der Waals surface area contributed by atoms with Gasteiger partial charge in [0.1, 0.15) is 0 Å². The van der Waals surface area contributed by atoms with Gasteiger partial charge in [-0.15, -0.1) is 22.9 Å². The molecule has 0 aliphatic carbocycles. The monoisotopic (exact) mass is 440 g/mol. The van der Waals surface area contributed by atoms with Crippen molar-refractivity contribution in [3.8, 4) is 0 Å². The Bertz CT molecular complexity index is 540. The summed E-state index contributed by atoms with van der Waals surface area (Å²) in [6, 6.07) is 10.1. The van der Waals surface area contributed by atoms with Crippen LogP contribution in [0.5, 0.6) is 0 Å². The molecule has 2 aliphatic heterocycles. The fourth-order valence-electron chi connectivity index (χ4n) is 2.59. The first kappa shape index (κ1) is 33.1. The van der Waals surface area contributed by atoms with E-state index < -0.39 is 6.34 Å². The van der Waals surface area contributed by atoms with Gasteiger partial charge in [0.2, 0.25) is 0 Å². The normalized spacial score (nSPS) is 16.2. The second kappa shape index (κ2) is 16.5. The van der Waals surface area contributed by atoms with Gasteiger partial charge in [-0.25, -0.2) is 6.34 Å². The molecular formula is C22H39Li2N2O2PS. The van der Waals surface area contributed by atoms with Crippen LogP contribution in [0.3, 0.4) is 0 Å². The van der Waals surface area contributed by atoms with Gasteiger partial charge in [0, 0.05) is 26.4 Å². The SMILES string of the molecule is C1CCOC1.C1CCOC1.CC(C)(C)[N-]P(=S)([N-]C(C)(C)C)c1ccccc1.[Li+].[Li+]. The first-order valence-electron chi connectivity index (χ1n) is 10.3. The summed E-state index contributed by atoms with van der Waals surface area (Å²) >= 11 is 5.84. The minimum Gasteiger partial charge on any atom is -0.635 e. The Morgan fingerprint density at radius 1 is 0.700 bits per heavy atom. The molecule has 0 bridgehead atoms. The Kier molecular flexibility index (Phi) is 18.2. The number of nitrogens with zero attached hydrogens (tertiary/aromatic N) is 2. The molecule has 0 spiro atoms. The Morgan fingerprint density at radius 2 is 1.03 bits per heavy atom. The van der Waals surface area contributed by atoms with Crippen LogP contribution in [0, 0.1) is 0 Å². The molecule has 162 valence electrons. The van der Waals surface area contributed by atoms with Crippen LogP contribution in [-0.2, 0) is 21.3 Å². The average Bonchev–Trinajstić information content (AvgIpc) is 3.31. The summed E-state index contributed by atoms with van der Waals surface area (Å²) in [5.41, 5.74) is -0.333. The van der Waals surface area contributed by atoms with Gasteiger partial charge in [0.05, 0.1) is 0 Å². The maximum atomic E-state index is 5.84. The number of hydrogen-bond acceptors (Lipinski definition) is 3. The third kappa shape index (κ3) is 16.5. The van der Waals surface area contributed by atoms with Gasteiger partial charge in [-0.05, 0) is 25.7 Å². The van der Waals surface area contributed by atoms with Crippen LogP contribution < -0.4 is 43.0 Å². The molecule has 0 amide bonds. The molecule has 1 aromatic rings. The number of hydrogen-bond donors (Lipinski definition) is 0. The molecule has 2 aliphatic rings. The van der Waals surface area contributed by atoms with E-state index in [0.29, 0.717) is 0 Å². The topological polar surface area (TPSA) is 46.7 Å². The molecule has 0 atom stereocenters. The van der Waals surface area contributed by atoms with Crippen molar-refractivity contribution in [3.05, 3.63) is 40.5 Å². The molecule has 1 aromatic carbocycles. The zero-order valence-electron chi connectivity index (χ0n) is 20.6. The van der Waals surface area contributed by atoms with Gasteiger partial charge in [-0.2, -0.15) is 0 Å². The smallest absolute Gasteiger partial charge is 0.635 e. The van der Waals surface area contributed by atoms with Crippen molar-refractivity contribution in [1.82, 2.24) is 0 Å². The summed E-state index contributed by atoms with van der Waals surface area (Å²) < 4.78 is 9.89. The molecule has 4 nitrogen and oxygen atoms in total. The van der Waals surface area contributed by atoms with E-state index in [1.165, 1.54) is 25.7 Å². The van der Waals surface area contributed by atoms with Crippen LogP contribution in [-0.4, -0.2) is 37.5 Å².